The second-order valence-corrected chi connectivity index (χ2v) is 6.63. The molecule has 1 aromatic carbocycles. The maximum Gasteiger partial charge on any atom is 0.193 e. The smallest absolute Gasteiger partial charge is 0.193 e. The number of rotatable bonds is 4. The molecule has 2 aliphatic heterocycles. The van der Waals surface area contributed by atoms with Crippen LogP contribution in [0.5, 0.6) is 11.5 Å². The fourth-order valence-corrected chi connectivity index (χ4v) is 3.12. The predicted octanol–water partition coefficient (Wildman–Crippen LogP) is 2.62. The number of pyridine rings is 1. The first-order valence-corrected chi connectivity index (χ1v) is 9.53. The zero-order chi connectivity index (χ0) is 19.2. The first-order valence-electron chi connectivity index (χ1n) is 9.53. The number of guanidine groups is 1. The van der Waals surface area contributed by atoms with Crippen LogP contribution in [0.3, 0.4) is 0 Å². The number of fused-ring (bicyclic) bond motifs is 1. The topological polar surface area (TPSA) is 94.2 Å². The summed E-state index contributed by atoms with van der Waals surface area (Å²) in [4.78, 5) is 11.3. The number of hydrogen-bond donors (Lipinski definition) is 2. The molecular formula is C20H26IN5O3. The molecule has 1 saturated heterocycles. The summed E-state index contributed by atoms with van der Waals surface area (Å²) in [5.41, 5.74) is 7.73. The Morgan fingerprint density at radius 1 is 1.07 bits per heavy atom. The third kappa shape index (κ3) is 5.86. The number of nitrogens with zero attached hydrogens (tertiary/aromatic N) is 3. The van der Waals surface area contributed by atoms with Gasteiger partial charge in [0.1, 0.15) is 5.82 Å². The Labute approximate surface area is 187 Å². The van der Waals surface area contributed by atoms with E-state index in [1.54, 1.807) is 0 Å². The van der Waals surface area contributed by atoms with Gasteiger partial charge in [0.05, 0.1) is 38.7 Å². The van der Waals surface area contributed by atoms with Gasteiger partial charge in [-0.1, -0.05) is 6.07 Å². The minimum Gasteiger partial charge on any atom is -0.490 e. The standard InChI is InChI=1S/C20H25N5O3.HI/c21-20(24-15-5-6-17-18(13-15)28-10-2-9-27-17)22-14-16-3-1-4-19(23-16)25-7-11-26-12-8-25;/h1,3-6,13H,2,7-12,14H2,(H3,21,22,24);1H. The molecule has 9 heteroatoms. The van der Waals surface area contributed by atoms with Crippen LogP contribution in [-0.4, -0.2) is 50.5 Å². The van der Waals surface area contributed by atoms with Crippen molar-refractivity contribution < 1.29 is 14.2 Å². The molecule has 0 spiro atoms. The van der Waals surface area contributed by atoms with Gasteiger partial charge < -0.3 is 30.2 Å². The number of halogens is 1. The van der Waals surface area contributed by atoms with Gasteiger partial charge in [0.15, 0.2) is 17.5 Å². The molecule has 3 N–H and O–H groups in total. The van der Waals surface area contributed by atoms with Crippen LogP contribution in [-0.2, 0) is 11.3 Å². The summed E-state index contributed by atoms with van der Waals surface area (Å²) in [6, 6.07) is 11.6. The number of anilines is 2. The lowest BCUT2D eigenvalue weighted by atomic mass is 10.3. The van der Waals surface area contributed by atoms with Gasteiger partial charge in [0, 0.05) is 31.3 Å². The van der Waals surface area contributed by atoms with Crippen molar-refractivity contribution in [2.45, 2.75) is 13.0 Å². The summed E-state index contributed by atoms with van der Waals surface area (Å²) >= 11 is 0. The molecule has 1 fully saturated rings. The van der Waals surface area contributed by atoms with E-state index in [0.29, 0.717) is 25.7 Å². The third-order valence-corrected chi connectivity index (χ3v) is 4.56. The molecule has 0 aliphatic carbocycles. The van der Waals surface area contributed by atoms with Crippen LogP contribution in [0, 0.1) is 0 Å². The van der Waals surface area contributed by atoms with Crippen LogP contribution < -0.4 is 25.4 Å². The monoisotopic (exact) mass is 511 g/mol. The quantitative estimate of drug-likeness (QED) is 0.371. The molecule has 0 saturated carbocycles. The molecule has 3 heterocycles. The van der Waals surface area contributed by atoms with Crippen molar-refractivity contribution in [3.63, 3.8) is 0 Å². The summed E-state index contributed by atoms with van der Waals surface area (Å²) in [6.45, 7) is 4.89. The maximum absolute atomic E-state index is 6.05. The van der Waals surface area contributed by atoms with E-state index in [4.69, 9.17) is 19.9 Å². The van der Waals surface area contributed by atoms with E-state index < -0.39 is 0 Å². The summed E-state index contributed by atoms with van der Waals surface area (Å²) in [5, 5.41) is 3.10. The number of ether oxygens (including phenoxy) is 3. The molecule has 0 unspecified atom stereocenters. The lowest BCUT2D eigenvalue weighted by Gasteiger charge is -2.27. The molecule has 0 bridgehead atoms. The van der Waals surface area contributed by atoms with Crippen LogP contribution in [0.15, 0.2) is 41.4 Å². The van der Waals surface area contributed by atoms with Crippen molar-refractivity contribution in [1.29, 1.82) is 0 Å². The molecule has 1 aromatic heterocycles. The Bertz CT molecular complexity index is 843. The lowest BCUT2D eigenvalue weighted by molar-refractivity contribution is 0.122. The molecule has 8 nitrogen and oxygen atoms in total. The molecule has 29 heavy (non-hydrogen) atoms. The summed E-state index contributed by atoms with van der Waals surface area (Å²) in [6.07, 6.45) is 0.873. The number of hydrogen-bond acceptors (Lipinski definition) is 6. The molecule has 0 atom stereocenters. The molecule has 2 aliphatic rings. The van der Waals surface area contributed by atoms with Crippen LogP contribution in [0.2, 0.25) is 0 Å². The highest BCUT2D eigenvalue weighted by Crippen LogP contribution is 2.32. The number of aliphatic imine (C=N–C) groups is 1. The van der Waals surface area contributed by atoms with Gasteiger partial charge in [-0.2, -0.15) is 0 Å². The van der Waals surface area contributed by atoms with Crippen molar-refractivity contribution in [1.82, 2.24) is 4.98 Å². The van der Waals surface area contributed by atoms with Crippen LogP contribution in [0.25, 0.3) is 0 Å². The van der Waals surface area contributed by atoms with Gasteiger partial charge in [0.2, 0.25) is 0 Å². The fourth-order valence-electron chi connectivity index (χ4n) is 3.12. The Hall–Kier alpha value is -2.27. The Balaban J connectivity index is 0.00000240. The molecule has 4 rings (SSSR count). The first-order chi connectivity index (χ1) is 13.8. The highest BCUT2D eigenvalue weighted by molar-refractivity contribution is 14.0. The van der Waals surface area contributed by atoms with Crippen molar-refractivity contribution in [2.75, 3.05) is 49.7 Å². The third-order valence-electron chi connectivity index (χ3n) is 4.56. The Morgan fingerprint density at radius 3 is 2.69 bits per heavy atom. The second kappa shape index (κ2) is 10.5. The van der Waals surface area contributed by atoms with E-state index in [0.717, 1.165) is 61.4 Å². The van der Waals surface area contributed by atoms with Gasteiger partial charge in [-0.3, -0.25) is 0 Å². The Kier molecular flexibility index (Phi) is 7.76. The average molecular weight is 511 g/mol. The van der Waals surface area contributed by atoms with Crippen molar-refractivity contribution in [3.05, 3.63) is 42.1 Å². The maximum atomic E-state index is 6.05. The zero-order valence-electron chi connectivity index (χ0n) is 16.2. The SMILES string of the molecule is I.NC(=NCc1cccc(N2CCOCC2)n1)Nc1ccc2c(c1)OCCCO2. The van der Waals surface area contributed by atoms with E-state index in [-0.39, 0.29) is 24.0 Å². The van der Waals surface area contributed by atoms with Crippen LogP contribution >= 0.6 is 24.0 Å². The van der Waals surface area contributed by atoms with E-state index in [2.05, 4.69) is 20.2 Å². The van der Waals surface area contributed by atoms with E-state index >= 15 is 0 Å². The van der Waals surface area contributed by atoms with Crippen molar-refractivity contribution in [3.8, 4) is 11.5 Å². The Morgan fingerprint density at radius 2 is 1.86 bits per heavy atom. The van der Waals surface area contributed by atoms with Gasteiger partial charge in [-0.25, -0.2) is 9.98 Å². The fraction of sp³-hybridized carbons (Fsp3) is 0.400. The number of nitrogens with two attached hydrogens (primary N) is 1. The minimum absolute atomic E-state index is 0. The molecule has 2 aromatic rings. The molecule has 0 radical (unpaired) electrons. The molecular weight excluding hydrogens is 485 g/mol. The van der Waals surface area contributed by atoms with Gasteiger partial charge in [-0.05, 0) is 24.3 Å². The summed E-state index contributed by atoms with van der Waals surface area (Å²) in [5.74, 6) is 2.75. The van der Waals surface area contributed by atoms with E-state index in [1.807, 2.05) is 36.4 Å². The number of benzene rings is 1. The predicted molar refractivity (Wildman–Crippen MR) is 124 cm³/mol. The number of morpholine rings is 1. The van der Waals surface area contributed by atoms with E-state index in [9.17, 15) is 0 Å². The number of nitrogens with one attached hydrogen (secondary N) is 1. The number of aromatic nitrogens is 1. The van der Waals surface area contributed by atoms with Gasteiger partial charge in [0.25, 0.3) is 0 Å². The van der Waals surface area contributed by atoms with E-state index in [1.165, 1.54) is 0 Å². The highest BCUT2D eigenvalue weighted by Gasteiger charge is 2.13. The molecule has 156 valence electrons. The largest absolute Gasteiger partial charge is 0.490 e. The van der Waals surface area contributed by atoms with Crippen LogP contribution in [0.1, 0.15) is 12.1 Å². The first kappa shape index (κ1) is 21.4. The minimum atomic E-state index is 0. The average Bonchev–Trinajstić information content (AvgIpc) is 2.98. The van der Waals surface area contributed by atoms with Gasteiger partial charge in [-0.15, -0.1) is 24.0 Å². The summed E-state index contributed by atoms with van der Waals surface area (Å²) in [7, 11) is 0. The molecule has 0 amide bonds. The highest BCUT2D eigenvalue weighted by atomic mass is 127. The zero-order valence-corrected chi connectivity index (χ0v) is 18.5. The van der Waals surface area contributed by atoms with Crippen molar-refractivity contribution in [2.24, 2.45) is 10.7 Å². The van der Waals surface area contributed by atoms with Gasteiger partial charge >= 0.3 is 0 Å². The van der Waals surface area contributed by atoms with Crippen molar-refractivity contribution >= 4 is 41.4 Å². The second-order valence-electron chi connectivity index (χ2n) is 6.63. The lowest BCUT2D eigenvalue weighted by Crippen LogP contribution is -2.36. The van der Waals surface area contributed by atoms with Crippen LogP contribution in [0.4, 0.5) is 11.5 Å². The summed E-state index contributed by atoms with van der Waals surface area (Å²) < 4.78 is 16.7. The normalized spacial score (nSPS) is 16.6.